The summed E-state index contributed by atoms with van der Waals surface area (Å²) in [6.45, 7) is 4.26. The molecule has 1 fully saturated rings. The standard InChI is InChI=1S/C26H35F3N2O3S/c1-30(35(32,33)25-16-10-22(11-17-25)26(27,28)29)23-12-14-24(15-13-23)34-21-9-5-4-8-20-31-18-6-2-3-7-19-31/h10-17H,2-9,18-21H2,1H3. The molecule has 0 radical (unpaired) electrons. The van der Waals surface area contributed by atoms with Crippen LogP contribution in [0.1, 0.15) is 56.9 Å². The van der Waals surface area contributed by atoms with Gasteiger partial charge in [0.15, 0.2) is 0 Å². The maximum atomic E-state index is 12.8. The summed E-state index contributed by atoms with van der Waals surface area (Å²) in [4.78, 5) is 2.38. The lowest BCUT2D eigenvalue weighted by Crippen LogP contribution is -2.26. The van der Waals surface area contributed by atoms with Gasteiger partial charge in [0.2, 0.25) is 0 Å². The van der Waals surface area contributed by atoms with E-state index >= 15 is 0 Å². The number of nitrogens with zero attached hydrogens (tertiary/aromatic N) is 2. The molecular formula is C26H35F3N2O3S. The van der Waals surface area contributed by atoms with E-state index in [-0.39, 0.29) is 4.90 Å². The zero-order valence-electron chi connectivity index (χ0n) is 20.3. The fourth-order valence-corrected chi connectivity index (χ4v) is 5.40. The average molecular weight is 513 g/mol. The number of hydrogen-bond acceptors (Lipinski definition) is 4. The molecule has 0 aromatic heterocycles. The number of unbranched alkanes of at least 4 members (excludes halogenated alkanes) is 3. The SMILES string of the molecule is CN(c1ccc(OCCCCCCN2CCCCCC2)cc1)S(=O)(=O)c1ccc(C(F)(F)F)cc1. The molecule has 0 bridgehead atoms. The molecule has 0 saturated carbocycles. The maximum Gasteiger partial charge on any atom is 0.416 e. The van der Waals surface area contributed by atoms with Crippen LogP contribution < -0.4 is 9.04 Å². The predicted octanol–water partition coefficient (Wildman–Crippen LogP) is 6.35. The molecule has 2 aromatic carbocycles. The molecule has 1 aliphatic rings. The van der Waals surface area contributed by atoms with Gasteiger partial charge in [0.25, 0.3) is 10.0 Å². The molecule has 1 aliphatic heterocycles. The molecule has 35 heavy (non-hydrogen) atoms. The minimum Gasteiger partial charge on any atom is -0.494 e. The Morgan fingerprint density at radius 2 is 1.46 bits per heavy atom. The molecule has 0 N–H and O–H groups in total. The highest BCUT2D eigenvalue weighted by Gasteiger charge is 2.31. The van der Waals surface area contributed by atoms with Crippen LogP contribution in [0.4, 0.5) is 18.9 Å². The summed E-state index contributed by atoms with van der Waals surface area (Å²) in [6, 6.07) is 10.1. The maximum absolute atomic E-state index is 12.8. The number of ether oxygens (including phenoxy) is 1. The van der Waals surface area contributed by atoms with Crippen molar-refractivity contribution < 1.29 is 26.3 Å². The van der Waals surface area contributed by atoms with Gasteiger partial charge in [-0.25, -0.2) is 8.42 Å². The van der Waals surface area contributed by atoms with Crippen LogP contribution in [0, 0.1) is 0 Å². The van der Waals surface area contributed by atoms with E-state index in [1.807, 2.05) is 0 Å². The summed E-state index contributed by atoms with van der Waals surface area (Å²) in [5.74, 6) is 0.652. The summed E-state index contributed by atoms with van der Waals surface area (Å²) in [5, 5.41) is 0. The lowest BCUT2D eigenvalue weighted by Gasteiger charge is -2.20. The van der Waals surface area contributed by atoms with Gasteiger partial charge in [-0.1, -0.05) is 25.7 Å². The van der Waals surface area contributed by atoms with E-state index in [2.05, 4.69) is 4.90 Å². The van der Waals surface area contributed by atoms with E-state index in [1.54, 1.807) is 24.3 Å². The van der Waals surface area contributed by atoms with Crippen molar-refractivity contribution in [2.45, 2.75) is 62.4 Å². The highest BCUT2D eigenvalue weighted by atomic mass is 32.2. The van der Waals surface area contributed by atoms with Crippen molar-refractivity contribution in [3.8, 4) is 5.75 Å². The van der Waals surface area contributed by atoms with Gasteiger partial charge in [-0.2, -0.15) is 13.2 Å². The first kappa shape index (κ1) is 27.3. The van der Waals surface area contributed by atoms with Gasteiger partial charge in [-0.05, 0) is 93.8 Å². The van der Waals surface area contributed by atoms with Gasteiger partial charge in [0.05, 0.1) is 22.8 Å². The smallest absolute Gasteiger partial charge is 0.416 e. The minimum atomic E-state index is -4.52. The van der Waals surface area contributed by atoms with E-state index in [9.17, 15) is 21.6 Å². The summed E-state index contributed by atoms with van der Waals surface area (Å²) >= 11 is 0. The van der Waals surface area contributed by atoms with Crippen molar-refractivity contribution in [1.29, 1.82) is 0 Å². The van der Waals surface area contributed by atoms with E-state index < -0.39 is 21.8 Å². The van der Waals surface area contributed by atoms with Crippen LogP contribution in [-0.2, 0) is 16.2 Å². The molecule has 0 amide bonds. The van der Waals surface area contributed by atoms with Gasteiger partial charge in [0, 0.05) is 7.05 Å². The third-order valence-electron chi connectivity index (χ3n) is 6.38. The molecule has 2 aromatic rings. The number of sulfonamides is 1. The van der Waals surface area contributed by atoms with E-state index in [0.717, 1.165) is 41.4 Å². The van der Waals surface area contributed by atoms with Crippen LogP contribution in [0.15, 0.2) is 53.4 Å². The van der Waals surface area contributed by atoms with Crippen LogP contribution in [0.25, 0.3) is 0 Å². The molecular weight excluding hydrogens is 477 g/mol. The molecule has 1 saturated heterocycles. The summed E-state index contributed by atoms with van der Waals surface area (Å²) in [5.41, 5.74) is -0.497. The van der Waals surface area contributed by atoms with Crippen molar-refractivity contribution in [3.05, 3.63) is 54.1 Å². The van der Waals surface area contributed by atoms with Crippen molar-refractivity contribution in [2.24, 2.45) is 0 Å². The van der Waals surface area contributed by atoms with Gasteiger partial charge in [-0.15, -0.1) is 0 Å². The second kappa shape index (κ2) is 12.6. The zero-order chi connectivity index (χ0) is 25.3. The largest absolute Gasteiger partial charge is 0.494 e. The first-order chi connectivity index (χ1) is 16.7. The van der Waals surface area contributed by atoms with Crippen molar-refractivity contribution in [3.63, 3.8) is 0 Å². The number of alkyl halides is 3. The number of likely N-dealkylation sites (tertiary alicyclic amines) is 1. The van der Waals surface area contributed by atoms with Crippen LogP contribution in [-0.4, -0.2) is 46.6 Å². The number of rotatable bonds is 11. The van der Waals surface area contributed by atoms with Crippen LogP contribution in [0.5, 0.6) is 5.75 Å². The fraction of sp³-hybridized carbons (Fsp3) is 0.538. The lowest BCUT2D eigenvalue weighted by molar-refractivity contribution is -0.137. The van der Waals surface area contributed by atoms with E-state index in [1.165, 1.54) is 65.2 Å². The average Bonchev–Trinajstić information content (AvgIpc) is 3.12. The molecule has 0 spiro atoms. The third-order valence-corrected chi connectivity index (χ3v) is 8.18. The quantitative estimate of drug-likeness (QED) is 0.330. The van der Waals surface area contributed by atoms with E-state index in [4.69, 9.17) is 4.74 Å². The Hall–Kier alpha value is -2.26. The normalized spacial score (nSPS) is 15.5. The number of benzene rings is 2. The molecule has 5 nitrogen and oxygen atoms in total. The van der Waals surface area contributed by atoms with E-state index in [0.29, 0.717) is 18.0 Å². The molecule has 0 aliphatic carbocycles. The number of hydrogen-bond donors (Lipinski definition) is 0. The predicted molar refractivity (Wildman–Crippen MR) is 132 cm³/mol. The first-order valence-electron chi connectivity index (χ1n) is 12.3. The molecule has 194 valence electrons. The Bertz CT molecular complexity index is 1000. The zero-order valence-corrected chi connectivity index (χ0v) is 21.1. The topological polar surface area (TPSA) is 49.9 Å². The van der Waals surface area contributed by atoms with Gasteiger partial charge < -0.3 is 9.64 Å². The van der Waals surface area contributed by atoms with Gasteiger partial charge in [-0.3, -0.25) is 4.31 Å². The van der Waals surface area contributed by atoms with Crippen LogP contribution in [0.3, 0.4) is 0 Å². The van der Waals surface area contributed by atoms with Crippen molar-refractivity contribution >= 4 is 15.7 Å². The summed E-state index contributed by atoms with van der Waals surface area (Å²) in [7, 11) is -2.62. The summed E-state index contributed by atoms with van der Waals surface area (Å²) < 4.78 is 70.7. The lowest BCUT2D eigenvalue weighted by atomic mass is 10.2. The number of anilines is 1. The highest BCUT2D eigenvalue weighted by molar-refractivity contribution is 7.92. The van der Waals surface area contributed by atoms with Gasteiger partial charge in [0.1, 0.15) is 5.75 Å². The highest BCUT2D eigenvalue weighted by Crippen LogP contribution is 2.31. The molecule has 1 heterocycles. The fourth-order valence-electron chi connectivity index (χ4n) is 4.21. The second-order valence-electron chi connectivity index (χ2n) is 9.01. The number of halogens is 3. The van der Waals surface area contributed by atoms with Crippen LogP contribution in [0.2, 0.25) is 0 Å². The summed E-state index contributed by atoms with van der Waals surface area (Å²) in [6.07, 6.45) is 5.33. The molecule has 0 unspecified atom stereocenters. The second-order valence-corrected chi connectivity index (χ2v) is 11.0. The van der Waals surface area contributed by atoms with Crippen molar-refractivity contribution in [1.82, 2.24) is 4.90 Å². The first-order valence-corrected chi connectivity index (χ1v) is 13.7. The Kier molecular flexibility index (Phi) is 9.86. The monoisotopic (exact) mass is 512 g/mol. The Morgan fingerprint density at radius 3 is 2.06 bits per heavy atom. The van der Waals surface area contributed by atoms with Crippen LogP contribution >= 0.6 is 0 Å². The minimum absolute atomic E-state index is 0.204. The van der Waals surface area contributed by atoms with Gasteiger partial charge >= 0.3 is 6.18 Å². The third kappa shape index (κ3) is 8.14. The van der Waals surface area contributed by atoms with Crippen molar-refractivity contribution in [2.75, 3.05) is 37.6 Å². The Labute approximate surface area is 206 Å². The Balaban J connectivity index is 1.41. The molecule has 3 rings (SSSR count). The molecule has 9 heteroatoms. The Morgan fingerprint density at radius 1 is 0.857 bits per heavy atom. The molecule has 0 atom stereocenters.